The number of sulfonamides is 1. The first-order valence-corrected chi connectivity index (χ1v) is 9.07. The Morgan fingerprint density at radius 2 is 2.14 bits per heavy atom. The van der Waals surface area contributed by atoms with Crippen LogP contribution >= 0.6 is 11.3 Å². The molecule has 114 valence electrons. The molecule has 0 fully saturated rings. The summed E-state index contributed by atoms with van der Waals surface area (Å²) in [6.07, 6.45) is 1.05. The van der Waals surface area contributed by atoms with Crippen LogP contribution in [0, 0.1) is 0 Å². The fourth-order valence-electron chi connectivity index (χ4n) is 2.42. The second-order valence-corrected chi connectivity index (χ2v) is 8.42. The summed E-state index contributed by atoms with van der Waals surface area (Å²) in [4.78, 5) is 3.74. The Kier molecular flexibility index (Phi) is 3.92. The Labute approximate surface area is 128 Å². The molecule has 0 saturated carbocycles. The van der Waals surface area contributed by atoms with Crippen molar-refractivity contribution < 1.29 is 12.8 Å². The first-order valence-electron chi connectivity index (χ1n) is 6.75. The lowest BCUT2D eigenvalue weighted by Crippen LogP contribution is -2.28. The lowest BCUT2D eigenvalue weighted by molar-refractivity contribution is 0.220. The van der Waals surface area contributed by atoms with Crippen molar-refractivity contribution in [3.63, 3.8) is 0 Å². The molecule has 3 heterocycles. The van der Waals surface area contributed by atoms with Crippen LogP contribution < -0.4 is 0 Å². The normalized spacial score (nSPS) is 16.3. The number of thiophene rings is 1. The van der Waals surface area contributed by atoms with Crippen molar-refractivity contribution in [3.8, 4) is 0 Å². The zero-order valence-electron chi connectivity index (χ0n) is 12.1. The first-order chi connectivity index (χ1) is 9.96. The average molecular weight is 326 g/mol. The fourth-order valence-corrected chi connectivity index (χ4v) is 4.13. The molecule has 3 rings (SSSR count). The van der Waals surface area contributed by atoms with Crippen molar-refractivity contribution in [2.45, 2.75) is 24.6 Å². The molecular formula is C14H18N2O3S2. The van der Waals surface area contributed by atoms with E-state index in [1.54, 1.807) is 6.07 Å². The molecule has 1 aliphatic heterocycles. The monoisotopic (exact) mass is 326 g/mol. The van der Waals surface area contributed by atoms with Crippen LogP contribution in [-0.2, 0) is 29.5 Å². The van der Waals surface area contributed by atoms with Gasteiger partial charge >= 0.3 is 0 Å². The highest BCUT2D eigenvalue weighted by Gasteiger charge is 2.23. The van der Waals surface area contributed by atoms with Crippen LogP contribution in [0.5, 0.6) is 0 Å². The molecule has 0 atom stereocenters. The molecule has 7 heteroatoms. The van der Waals surface area contributed by atoms with Gasteiger partial charge in [-0.05, 0) is 35.6 Å². The minimum Gasteiger partial charge on any atom is -0.447 e. The third-order valence-corrected chi connectivity index (χ3v) is 6.35. The number of hydrogen-bond acceptors (Lipinski definition) is 5. The van der Waals surface area contributed by atoms with E-state index in [9.17, 15) is 8.42 Å². The van der Waals surface area contributed by atoms with Crippen molar-refractivity contribution in [3.05, 3.63) is 39.8 Å². The second kappa shape index (κ2) is 5.57. The van der Waals surface area contributed by atoms with Crippen LogP contribution in [0.4, 0.5) is 0 Å². The van der Waals surface area contributed by atoms with Crippen molar-refractivity contribution in [1.82, 2.24) is 9.21 Å². The Balaban J connectivity index is 1.71. The molecule has 0 saturated heterocycles. The molecule has 0 unspecified atom stereocenters. The van der Waals surface area contributed by atoms with Gasteiger partial charge in [-0.15, -0.1) is 11.3 Å². The maximum Gasteiger partial charge on any atom is 0.275 e. The van der Waals surface area contributed by atoms with E-state index in [4.69, 9.17) is 4.42 Å². The average Bonchev–Trinajstić information content (AvgIpc) is 3.06. The molecule has 0 amide bonds. The molecule has 0 N–H and O–H groups in total. The molecule has 0 aliphatic carbocycles. The molecule has 5 nitrogen and oxygen atoms in total. The van der Waals surface area contributed by atoms with Gasteiger partial charge in [0, 0.05) is 32.1 Å². The molecule has 2 aromatic rings. The Bertz CT molecular complexity index is 731. The Morgan fingerprint density at radius 3 is 2.90 bits per heavy atom. The molecule has 0 bridgehead atoms. The molecule has 0 aromatic carbocycles. The summed E-state index contributed by atoms with van der Waals surface area (Å²) in [6, 6.07) is 5.44. The number of furan rings is 1. The third-order valence-electron chi connectivity index (χ3n) is 3.64. The van der Waals surface area contributed by atoms with Crippen molar-refractivity contribution in [2.24, 2.45) is 0 Å². The van der Waals surface area contributed by atoms with E-state index in [2.05, 4.69) is 16.3 Å². The van der Waals surface area contributed by atoms with Gasteiger partial charge in [0.15, 0.2) is 0 Å². The van der Waals surface area contributed by atoms with Gasteiger partial charge in [-0.25, -0.2) is 12.7 Å². The van der Waals surface area contributed by atoms with E-state index in [1.807, 2.05) is 11.3 Å². The highest BCUT2D eigenvalue weighted by Crippen LogP contribution is 2.26. The van der Waals surface area contributed by atoms with Gasteiger partial charge in [0.05, 0.1) is 6.54 Å². The van der Waals surface area contributed by atoms with Crippen molar-refractivity contribution >= 4 is 21.4 Å². The van der Waals surface area contributed by atoms with Crippen LogP contribution in [0.3, 0.4) is 0 Å². The second-order valence-electron chi connectivity index (χ2n) is 5.34. The molecule has 0 radical (unpaired) electrons. The summed E-state index contributed by atoms with van der Waals surface area (Å²) in [5, 5.41) is 2.14. The summed E-state index contributed by atoms with van der Waals surface area (Å²) < 4.78 is 30.6. The van der Waals surface area contributed by atoms with Gasteiger partial charge in [-0.1, -0.05) is 0 Å². The van der Waals surface area contributed by atoms with Crippen LogP contribution in [0.25, 0.3) is 0 Å². The standard InChI is InChI=1S/C14H18N2O3S2/c1-15(2)21(17,18)14-4-3-12(19-14)10-16-7-5-13-11(9-16)6-8-20-13/h3-4,6,8H,5,7,9-10H2,1-2H3. The SMILES string of the molecule is CN(C)S(=O)(=O)c1ccc(CN2CCc3sccc3C2)o1. The van der Waals surface area contributed by atoms with E-state index in [0.29, 0.717) is 12.3 Å². The van der Waals surface area contributed by atoms with Gasteiger partial charge in [-0.3, -0.25) is 4.90 Å². The van der Waals surface area contributed by atoms with Crippen LogP contribution in [0.15, 0.2) is 33.1 Å². The van der Waals surface area contributed by atoms with E-state index in [1.165, 1.54) is 30.6 Å². The molecule has 0 spiro atoms. The zero-order chi connectivity index (χ0) is 15.0. The smallest absolute Gasteiger partial charge is 0.275 e. The zero-order valence-corrected chi connectivity index (χ0v) is 13.7. The minimum absolute atomic E-state index is 0.00994. The molecule has 2 aromatic heterocycles. The molecular weight excluding hydrogens is 308 g/mol. The van der Waals surface area contributed by atoms with E-state index < -0.39 is 10.0 Å². The van der Waals surface area contributed by atoms with E-state index >= 15 is 0 Å². The molecule has 1 aliphatic rings. The first kappa shape index (κ1) is 14.8. The summed E-state index contributed by atoms with van der Waals surface area (Å²) >= 11 is 1.81. The predicted octanol–water partition coefficient (Wildman–Crippen LogP) is 2.15. The highest BCUT2D eigenvalue weighted by atomic mass is 32.2. The van der Waals surface area contributed by atoms with Crippen LogP contribution in [0.2, 0.25) is 0 Å². The van der Waals surface area contributed by atoms with Crippen LogP contribution in [-0.4, -0.2) is 38.3 Å². The summed E-state index contributed by atoms with van der Waals surface area (Å²) in [5.74, 6) is 0.689. The summed E-state index contributed by atoms with van der Waals surface area (Å²) in [5.41, 5.74) is 1.37. The third kappa shape index (κ3) is 2.91. The van der Waals surface area contributed by atoms with Gasteiger partial charge in [0.1, 0.15) is 5.76 Å². The fraction of sp³-hybridized carbons (Fsp3) is 0.429. The minimum atomic E-state index is -3.49. The van der Waals surface area contributed by atoms with Crippen molar-refractivity contribution in [1.29, 1.82) is 0 Å². The highest BCUT2D eigenvalue weighted by molar-refractivity contribution is 7.88. The summed E-state index contributed by atoms with van der Waals surface area (Å²) in [7, 11) is -0.486. The number of rotatable bonds is 4. The quantitative estimate of drug-likeness (QED) is 0.864. The Hall–Kier alpha value is -1.15. The number of nitrogens with zero attached hydrogens (tertiary/aromatic N) is 2. The topological polar surface area (TPSA) is 53.8 Å². The van der Waals surface area contributed by atoms with E-state index in [-0.39, 0.29) is 5.09 Å². The maximum atomic E-state index is 12.0. The molecule has 21 heavy (non-hydrogen) atoms. The lowest BCUT2D eigenvalue weighted by Gasteiger charge is -2.25. The van der Waals surface area contributed by atoms with Crippen LogP contribution in [0.1, 0.15) is 16.2 Å². The number of fused-ring (bicyclic) bond motifs is 1. The van der Waals surface area contributed by atoms with Crippen molar-refractivity contribution in [2.75, 3.05) is 20.6 Å². The number of hydrogen-bond donors (Lipinski definition) is 0. The lowest BCUT2D eigenvalue weighted by atomic mass is 10.1. The predicted molar refractivity (Wildman–Crippen MR) is 81.7 cm³/mol. The van der Waals surface area contributed by atoms with Gasteiger partial charge in [0.25, 0.3) is 10.0 Å². The van der Waals surface area contributed by atoms with Gasteiger partial charge < -0.3 is 4.42 Å². The Morgan fingerprint density at radius 1 is 1.33 bits per heavy atom. The van der Waals surface area contributed by atoms with E-state index in [0.717, 1.165) is 23.8 Å². The summed E-state index contributed by atoms with van der Waals surface area (Å²) in [6.45, 7) is 2.51. The largest absolute Gasteiger partial charge is 0.447 e. The van der Waals surface area contributed by atoms with Gasteiger partial charge in [-0.2, -0.15) is 0 Å². The van der Waals surface area contributed by atoms with Gasteiger partial charge in [0.2, 0.25) is 5.09 Å². The maximum absolute atomic E-state index is 12.0.